The van der Waals surface area contributed by atoms with Crippen molar-refractivity contribution in [1.82, 2.24) is 10.6 Å². The maximum absolute atomic E-state index is 5.35. The van der Waals surface area contributed by atoms with Gasteiger partial charge in [-0.15, -0.1) is 0 Å². The topological polar surface area (TPSA) is 42.5 Å². The van der Waals surface area contributed by atoms with Crippen molar-refractivity contribution in [3.63, 3.8) is 0 Å². The molecule has 0 radical (unpaired) electrons. The smallest absolute Gasteiger partial charge is 0.161 e. The maximum Gasteiger partial charge on any atom is 0.161 e. The monoisotopic (exact) mass is 264 g/mol. The van der Waals surface area contributed by atoms with Gasteiger partial charge < -0.3 is 20.1 Å². The Bertz CT molecular complexity index is 417. The minimum absolute atomic E-state index is 0.803. The molecule has 0 unspecified atom stereocenters. The Labute approximate surface area is 115 Å². The van der Waals surface area contributed by atoms with Gasteiger partial charge in [-0.25, -0.2) is 0 Å². The molecule has 0 amide bonds. The number of rotatable bonds is 7. The quantitative estimate of drug-likeness (QED) is 0.730. The largest absolute Gasteiger partial charge is 0.493 e. The normalized spacial score (nSPS) is 15.1. The summed E-state index contributed by atoms with van der Waals surface area (Å²) in [5.41, 5.74) is 2.57. The predicted molar refractivity (Wildman–Crippen MR) is 77.2 cm³/mol. The van der Waals surface area contributed by atoms with Crippen molar-refractivity contribution in [1.29, 1.82) is 0 Å². The highest BCUT2D eigenvalue weighted by Crippen LogP contribution is 2.30. The summed E-state index contributed by atoms with van der Waals surface area (Å²) >= 11 is 0. The lowest BCUT2D eigenvalue weighted by molar-refractivity contribution is 0.332. The van der Waals surface area contributed by atoms with Crippen LogP contribution in [0, 0.1) is 12.8 Å². The second kappa shape index (κ2) is 6.78. The molecule has 1 aliphatic rings. The van der Waals surface area contributed by atoms with Crippen LogP contribution in [0.5, 0.6) is 11.5 Å². The van der Waals surface area contributed by atoms with Gasteiger partial charge in [0.2, 0.25) is 0 Å². The number of nitrogens with one attached hydrogen (secondary N) is 2. The molecule has 4 nitrogen and oxygen atoms in total. The summed E-state index contributed by atoms with van der Waals surface area (Å²) in [6.07, 6.45) is 1.02. The highest BCUT2D eigenvalue weighted by atomic mass is 16.5. The Hall–Kier alpha value is -1.26. The van der Waals surface area contributed by atoms with Gasteiger partial charge in [-0.05, 0) is 49.1 Å². The first-order chi connectivity index (χ1) is 9.24. The van der Waals surface area contributed by atoms with Crippen LogP contribution in [0.3, 0.4) is 0 Å². The zero-order chi connectivity index (χ0) is 13.7. The second-order valence-electron chi connectivity index (χ2n) is 5.11. The first-order valence-corrected chi connectivity index (χ1v) is 6.87. The van der Waals surface area contributed by atoms with Crippen LogP contribution >= 0.6 is 0 Å². The molecule has 1 fully saturated rings. The van der Waals surface area contributed by atoms with Crippen LogP contribution in [0.2, 0.25) is 0 Å². The van der Waals surface area contributed by atoms with E-state index in [1.54, 1.807) is 14.2 Å². The van der Waals surface area contributed by atoms with E-state index in [1.165, 1.54) is 11.1 Å². The van der Waals surface area contributed by atoms with Crippen LogP contribution < -0.4 is 20.1 Å². The van der Waals surface area contributed by atoms with E-state index in [0.717, 1.165) is 50.0 Å². The molecule has 2 N–H and O–H groups in total. The molecule has 106 valence electrons. The third-order valence-corrected chi connectivity index (χ3v) is 3.71. The lowest BCUT2D eigenvalue weighted by atomic mass is 10.0. The molecule has 19 heavy (non-hydrogen) atoms. The van der Waals surface area contributed by atoms with Gasteiger partial charge in [0.15, 0.2) is 11.5 Å². The van der Waals surface area contributed by atoms with Crippen molar-refractivity contribution in [2.75, 3.05) is 40.4 Å². The van der Waals surface area contributed by atoms with Crippen LogP contribution in [-0.2, 0) is 6.42 Å². The Morgan fingerprint density at radius 1 is 1.21 bits per heavy atom. The Morgan fingerprint density at radius 3 is 2.47 bits per heavy atom. The molecule has 0 atom stereocenters. The van der Waals surface area contributed by atoms with E-state index >= 15 is 0 Å². The summed E-state index contributed by atoms with van der Waals surface area (Å²) in [5.74, 6) is 2.43. The summed E-state index contributed by atoms with van der Waals surface area (Å²) in [5, 5.41) is 6.80. The molecule has 4 heteroatoms. The van der Waals surface area contributed by atoms with Gasteiger partial charge in [0, 0.05) is 19.6 Å². The average Bonchev–Trinajstić information content (AvgIpc) is 2.37. The fraction of sp³-hybridized carbons (Fsp3) is 0.600. The maximum atomic E-state index is 5.35. The molecule has 0 bridgehead atoms. The van der Waals surface area contributed by atoms with Crippen molar-refractivity contribution < 1.29 is 9.47 Å². The van der Waals surface area contributed by atoms with E-state index in [4.69, 9.17) is 9.47 Å². The van der Waals surface area contributed by atoms with E-state index in [1.807, 2.05) is 6.07 Å². The Kier molecular flexibility index (Phi) is 5.05. The van der Waals surface area contributed by atoms with Crippen LogP contribution in [0.15, 0.2) is 12.1 Å². The van der Waals surface area contributed by atoms with Crippen molar-refractivity contribution in [2.24, 2.45) is 5.92 Å². The number of benzene rings is 1. The molecular weight excluding hydrogens is 240 g/mol. The summed E-state index contributed by atoms with van der Waals surface area (Å²) in [6, 6.07) is 4.13. The van der Waals surface area contributed by atoms with Crippen molar-refractivity contribution >= 4 is 0 Å². The molecule has 1 heterocycles. The molecular formula is C15H24N2O2. The molecule has 0 spiro atoms. The number of hydrogen-bond acceptors (Lipinski definition) is 4. The van der Waals surface area contributed by atoms with E-state index in [-0.39, 0.29) is 0 Å². The molecule has 0 aromatic heterocycles. The van der Waals surface area contributed by atoms with Crippen molar-refractivity contribution in [2.45, 2.75) is 13.3 Å². The molecule has 0 saturated carbocycles. The number of hydrogen-bond donors (Lipinski definition) is 2. The molecule has 1 saturated heterocycles. The number of ether oxygens (including phenoxy) is 2. The van der Waals surface area contributed by atoms with Crippen LogP contribution in [0.1, 0.15) is 11.1 Å². The average molecular weight is 264 g/mol. The van der Waals surface area contributed by atoms with Gasteiger partial charge in [-0.2, -0.15) is 0 Å². The molecule has 0 aliphatic carbocycles. The molecule has 1 aliphatic heterocycles. The Balaban J connectivity index is 1.87. The fourth-order valence-electron chi connectivity index (χ4n) is 2.31. The summed E-state index contributed by atoms with van der Waals surface area (Å²) in [4.78, 5) is 0. The summed E-state index contributed by atoms with van der Waals surface area (Å²) in [7, 11) is 3.35. The first-order valence-electron chi connectivity index (χ1n) is 6.87. The van der Waals surface area contributed by atoms with Gasteiger partial charge in [0.25, 0.3) is 0 Å². The first kappa shape index (κ1) is 14.2. The van der Waals surface area contributed by atoms with E-state index in [9.17, 15) is 0 Å². The Morgan fingerprint density at radius 2 is 1.89 bits per heavy atom. The summed E-state index contributed by atoms with van der Waals surface area (Å²) < 4.78 is 10.7. The van der Waals surface area contributed by atoms with Gasteiger partial charge in [-0.1, -0.05) is 0 Å². The minimum atomic E-state index is 0.803. The SMILES string of the molecule is COc1cc(C)c(CCNCC2CNC2)cc1OC. The highest BCUT2D eigenvalue weighted by molar-refractivity contribution is 5.47. The lowest BCUT2D eigenvalue weighted by Gasteiger charge is -2.27. The number of aryl methyl sites for hydroxylation is 1. The summed E-state index contributed by atoms with van der Waals surface area (Å²) in [6.45, 7) is 6.55. The van der Waals surface area contributed by atoms with Crippen molar-refractivity contribution in [3.05, 3.63) is 23.3 Å². The molecule has 2 rings (SSSR count). The molecule has 1 aromatic rings. The van der Waals surface area contributed by atoms with Gasteiger partial charge in [0.05, 0.1) is 14.2 Å². The minimum Gasteiger partial charge on any atom is -0.493 e. The lowest BCUT2D eigenvalue weighted by Crippen LogP contribution is -2.47. The van der Waals surface area contributed by atoms with Crippen LogP contribution in [-0.4, -0.2) is 40.4 Å². The van der Waals surface area contributed by atoms with Gasteiger partial charge in [0.1, 0.15) is 0 Å². The van der Waals surface area contributed by atoms with Crippen LogP contribution in [0.25, 0.3) is 0 Å². The third kappa shape index (κ3) is 3.61. The predicted octanol–water partition coefficient (Wildman–Crippen LogP) is 1.36. The van der Waals surface area contributed by atoms with Crippen LogP contribution in [0.4, 0.5) is 0 Å². The van der Waals surface area contributed by atoms with Gasteiger partial charge >= 0.3 is 0 Å². The zero-order valence-electron chi connectivity index (χ0n) is 12.1. The zero-order valence-corrected chi connectivity index (χ0v) is 12.1. The standard InChI is InChI=1S/C15H24N2O2/c1-11-6-14(18-2)15(19-3)7-13(11)4-5-16-8-12-9-17-10-12/h6-7,12,16-17H,4-5,8-10H2,1-3H3. The van der Waals surface area contributed by atoms with Crippen molar-refractivity contribution in [3.8, 4) is 11.5 Å². The van der Waals surface area contributed by atoms with Gasteiger partial charge in [-0.3, -0.25) is 0 Å². The van der Waals surface area contributed by atoms with E-state index < -0.39 is 0 Å². The van der Waals surface area contributed by atoms with E-state index in [2.05, 4.69) is 23.6 Å². The number of methoxy groups -OCH3 is 2. The third-order valence-electron chi connectivity index (χ3n) is 3.71. The molecule has 1 aromatic carbocycles. The van der Waals surface area contributed by atoms with E-state index in [0.29, 0.717) is 0 Å². The second-order valence-corrected chi connectivity index (χ2v) is 5.11. The highest BCUT2D eigenvalue weighted by Gasteiger charge is 2.15. The fourth-order valence-corrected chi connectivity index (χ4v) is 2.31.